The topological polar surface area (TPSA) is 43.9 Å². The maximum atomic E-state index is 13.7. The quantitative estimate of drug-likeness (QED) is 0.708. The van der Waals surface area contributed by atoms with Crippen LogP contribution in [0.25, 0.3) is 5.57 Å². The molecule has 0 saturated carbocycles. The second-order valence-corrected chi connectivity index (χ2v) is 8.95. The molecule has 31 heavy (non-hydrogen) atoms. The Morgan fingerprint density at radius 2 is 1.61 bits per heavy atom. The number of nitrogens with zero attached hydrogens (tertiary/aromatic N) is 3. The minimum absolute atomic E-state index is 0.231. The van der Waals surface area contributed by atoms with Gasteiger partial charge in [-0.25, -0.2) is 4.90 Å². The van der Waals surface area contributed by atoms with Gasteiger partial charge in [-0.15, -0.1) is 0 Å². The number of piperidine rings is 1. The Morgan fingerprint density at radius 1 is 0.903 bits per heavy atom. The number of amides is 2. The zero-order valence-electron chi connectivity index (χ0n) is 19.1. The lowest BCUT2D eigenvalue weighted by Gasteiger charge is -2.36. The summed E-state index contributed by atoms with van der Waals surface area (Å²) in [4.78, 5) is 33.1. The molecule has 0 N–H and O–H groups in total. The van der Waals surface area contributed by atoms with Gasteiger partial charge >= 0.3 is 0 Å². The highest BCUT2D eigenvalue weighted by Gasteiger charge is 2.43. The molecular weight excluding hydrogens is 386 g/mol. The largest absolute Gasteiger partial charge is 0.366 e. The van der Waals surface area contributed by atoms with Crippen molar-refractivity contribution in [1.82, 2.24) is 9.80 Å². The van der Waals surface area contributed by atoms with E-state index >= 15 is 0 Å². The SMILES string of the molecule is Cc1cccc(N2C(=O)C(c3ccc(C)c(C)c3)=C(N(C)C3CCN(C)CC3)C2=O)c1. The van der Waals surface area contributed by atoms with E-state index in [9.17, 15) is 9.59 Å². The van der Waals surface area contributed by atoms with Crippen molar-refractivity contribution >= 4 is 23.1 Å². The molecule has 0 aliphatic carbocycles. The summed E-state index contributed by atoms with van der Waals surface area (Å²) < 4.78 is 0. The summed E-state index contributed by atoms with van der Waals surface area (Å²) in [5, 5.41) is 0. The fourth-order valence-corrected chi connectivity index (χ4v) is 4.57. The average molecular weight is 418 g/mol. The van der Waals surface area contributed by atoms with Gasteiger partial charge in [-0.3, -0.25) is 9.59 Å². The van der Waals surface area contributed by atoms with E-state index < -0.39 is 0 Å². The molecule has 2 heterocycles. The van der Waals surface area contributed by atoms with Gasteiger partial charge in [0.05, 0.1) is 11.3 Å². The smallest absolute Gasteiger partial charge is 0.282 e. The minimum Gasteiger partial charge on any atom is -0.366 e. The van der Waals surface area contributed by atoms with Gasteiger partial charge in [0.15, 0.2) is 0 Å². The molecule has 162 valence electrons. The molecule has 0 atom stereocenters. The molecule has 2 aromatic carbocycles. The summed E-state index contributed by atoms with van der Waals surface area (Å²) in [7, 11) is 4.09. The molecule has 2 aliphatic rings. The summed E-state index contributed by atoms with van der Waals surface area (Å²) in [5.74, 6) is -0.473. The first kappa shape index (κ1) is 21.3. The molecule has 5 heteroatoms. The first-order valence-corrected chi connectivity index (χ1v) is 11.0. The lowest BCUT2D eigenvalue weighted by atomic mass is 9.97. The Balaban J connectivity index is 1.81. The number of carbonyl (C=O) groups is 2. The molecular formula is C26H31N3O2. The van der Waals surface area contributed by atoms with Crippen LogP contribution in [-0.2, 0) is 9.59 Å². The number of anilines is 1. The Labute approximate surface area is 184 Å². The van der Waals surface area contributed by atoms with E-state index in [-0.39, 0.29) is 17.9 Å². The average Bonchev–Trinajstić information content (AvgIpc) is 3.00. The summed E-state index contributed by atoms with van der Waals surface area (Å²) in [6.45, 7) is 8.05. The Bertz CT molecular complexity index is 1060. The van der Waals surface area contributed by atoms with E-state index in [1.807, 2.05) is 63.4 Å². The van der Waals surface area contributed by atoms with Crippen molar-refractivity contribution in [3.05, 3.63) is 70.4 Å². The van der Waals surface area contributed by atoms with Gasteiger partial charge in [0.25, 0.3) is 11.8 Å². The van der Waals surface area contributed by atoms with Gasteiger partial charge in [0.1, 0.15) is 5.70 Å². The minimum atomic E-state index is -0.242. The lowest BCUT2D eigenvalue weighted by molar-refractivity contribution is -0.120. The van der Waals surface area contributed by atoms with E-state index in [0.717, 1.165) is 42.6 Å². The van der Waals surface area contributed by atoms with Gasteiger partial charge in [-0.1, -0.05) is 30.3 Å². The first-order chi connectivity index (χ1) is 14.8. The number of hydrogen-bond donors (Lipinski definition) is 0. The van der Waals surface area contributed by atoms with Crippen LogP contribution in [0.4, 0.5) is 5.69 Å². The number of benzene rings is 2. The first-order valence-electron chi connectivity index (χ1n) is 11.0. The number of rotatable bonds is 4. The number of hydrogen-bond acceptors (Lipinski definition) is 4. The second-order valence-electron chi connectivity index (χ2n) is 8.95. The fourth-order valence-electron chi connectivity index (χ4n) is 4.57. The molecule has 0 unspecified atom stereocenters. The van der Waals surface area contributed by atoms with Gasteiger partial charge in [0.2, 0.25) is 0 Å². The monoisotopic (exact) mass is 417 g/mol. The highest BCUT2D eigenvalue weighted by atomic mass is 16.2. The summed E-state index contributed by atoms with van der Waals surface area (Å²) in [6.07, 6.45) is 1.95. The Hall–Kier alpha value is -2.92. The van der Waals surface area contributed by atoms with Crippen LogP contribution in [-0.4, -0.2) is 54.8 Å². The van der Waals surface area contributed by atoms with Crippen LogP contribution < -0.4 is 4.90 Å². The molecule has 2 amide bonds. The van der Waals surface area contributed by atoms with E-state index in [4.69, 9.17) is 0 Å². The molecule has 0 bridgehead atoms. The molecule has 0 aromatic heterocycles. The molecule has 0 spiro atoms. The van der Waals surface area contributed by atoms with Crippen molar-refractivity contribution in [2.45, 2.75) is 39.7 Å². The molecule has 2 aromatic rings. The van der Waals surface area contributed by atoms with Crippen LogP contribution in [0.5, 0.6) is 0 Å². The van der Waals surface area contributed by atoms with Crippen molar-refractivity contribution < 1.29 is 9.59 Å². The molecule has 5 nitrogen and oxygen atoms in total. The standard InChI is InChI=1S/C26H31N3O2/c1-17-7-6-8-22(15-17)29-25(30)23(20-10-9-18(2)19(3)16-20)24(26(29)31)28(5)21-11-13-27(4)14-12-21/h6-10,15-16,21H,11-14H2,1-5H3. The van der Waals surface area contributed by atoms with Crippen molar-refractivity contribution in [3.63, 3.8) is 0 Å². The second kappa shape index (κ2) is 8.31. The molecule has 2 aliphatic heterocycles. The van der Waals surface area contributed by atoms with Gasteiger partial charge in [0, 0.05) is 13.1 Å². The van der Waals surface area contributed by atoms with Crippen molar-refractivity contribution in [3.8, 4) is 0 Å². The Morgan fingerprint density at radius 3 is 2.26 bits per heavy atom. The van der Waals surface area contributed by atoms with E-state index in [2.05, 4.69) is 23.8 Å². The highest BCUT2D eigenvalue weighted by molar-refractivity contribution is 6.45. The molecule has 4 rings (SSSR count). The zero-order chi connectivity index (χ0) is 22.3. The van der Waals surface area contributed by atoms with Crippen molar-refractivity contribution in [1.29, 1.82) is 0 Å². The van der Waals surface area contributed by atoms with Crippen molar-refractivity contribution in [2.24, 2.45) is 0 Å². The number of carbonyl (C=O) groups excluding carboxylic acids is 2. The van der Waals surface area contributed by atoms with Crippen LogP contribution in [0.3, 0.4) is 0 Å². The van der Waals surface area contributed by atoms with Crippen LogP contribution in [0.1, 0.15) is 35.1 Å². The van der Waals surface area contributed by atoms with Gasteiger partial charge in [-0.2, -0.15) is 0 Å². The maximum Gasteiger partial charge on any atom is 0.282 e. The predicted molar refractivity (Wildman–Crippen MR) is 125 cm³/mol. The number of likely N-dealkylation sites (tertiary alicyclic amines) is 1. The van der Waals surface area contributed by atoms with Crippen LogP contribution >= 0.6 is 0 Å². The van der Waals surface area contributed by atoms with E-state index in [1.165, 1.54) is 10.5 Å². The van der Waals surface area contributed by atoms with Crippen LogP contribution in [0.15, 0.2) is 48.2 Å². The van der Waals surface area contributed by atoms with Crippen LogP contribution in [0.2, 0.25) is 0 Å². The summed E-state index contributed by atoms with van der Waals surface area (Å²) in [6, 6.07) is 13.8. The number of imide groups is 1. The number of aryl methyl sites for hydroxylation is 3. The third-order valence-electron chi connectivity index (χ3n) is 6.70. The van der Waals surface area contributed by atoms with Gasteiger partial charge < -0.3 is 9.80 Å². The van der Waals surface area contributed by atoms with Crippen LogP contribution in [0, 0.1) is 20.8 Å². The number of likely N-dealkylation sites (N-methyl/N-ethyl adjacent to an activating group) is 1. The van der Waals surface area contributed by atoms with E-state index in [1.54, 1.807) is 0 Å². The molecule has 0 radical (unpaired) electrons. The zero-order valence-corrected chi connectivity index (χ0v) is 19.1. The summed E-state index contributed by atoms with van der Waals surface area (Å²) in [5.41, 5.74) is 5.76. The maximum absolute atomic E-state index is 13.7. The van der Waals surface area contributed by atoms with Gasteiger partial charge in [-0.05, 0) is 88.1 Å². The normalized spacial score (nSPS) is 18.3. The predicted octanol–water partition coefficient (Wildman–Crippen LogP) is 3.92. The third-order valence-corrected chi connectivity index (χ3v) is 6.70. The molecule has 1 saturated heterocycles. The highest BCUT2D eigenvalue weighted by Crippen LogP contribution is 2.36. The van der Waals surface area contributed by atoms with E-state index in [0.29, 0.717) is 17.0 Å². The lowest BCUT2D eigenvalue weighted by Crippen LogP contribution is -2.43. The summed E-state index contributed by atoms with van der Waals surface area (Å²) >= 11 is 0. The molecule has 1 fully saturated rings. The van der Waals surface area contributed by atoms with Crippen molar-refractivity contribution in [2.75, 3.05) is 32.1 Å². The Kier molecular flexibility index (Phi) is 5.71. The fraction of sp³-hybridized carbons (Fsp3) is 0.385. The third kappa shape index (κ3) is 3.90.